The first-order valence-electron chi connectivity index (χ1n) is 8.37. The number of hydrogen-bond acceptors (Lipinski definition) is 3. The SMILES string of the molecule is Cc1ccc(S(=O)(=O)N[C@@H](CC(=O)NC2CC2)c2ccccc2)cc1. The molecule has 0 aromatic heterocycles. The molecule has 0 spiro atoms. The van der Waals surface area contributed by atoms with Crippen LogP contribution in [0.2, 0.25) is 0 Å². The van der Waals surface area contributed by atoms with Crippen molar-refractivity contribution < 1.29 is 13.2 Å². The van der Waals surface area contributed by atoms with Crippen LogP contribution in [0.25, 0.3) is 0 Å². The molecule has 0 radical (unpaired) electrons. The molecule has 0 saturated heterocycles. The molecule has 5 nitrogen and oxygen atoms in total. The van der Waals surface area contributed by atoms with Gasteiger partial charge in [-0.2, -0.15) is 0 Å². The van der Waals surface area contributed by atoms with Crippen molar-refractivity contribution in [1.82, 2.24) is 10.0 Å². The standard InChI is InChI=1S/C19H22N2O3S/c1-14-7-11-17(12-8-14)25(23,24)21-18(15-5-3-2-4-6-15)13-19(22)20-16-9-10-16/h2-8,11-12,16,18,21H,9-10,13H2,1H3,(H,20,22)/t18-/m0/s1. The fourth-order valence-electron chi connectivity index (χ4n) is 2.59. The van der Waals surface area contributed by atoms with Crippen molar-refractivity contribution in [2.45, 2.75) is 43.2 Å². The Bertz CT molecular complexity index is 829. The van der Waals surface area contributed by atoms with E-state index in [0.29, 0.717) is 0 Å². The van der Waals surface area contributed by atoms with Gasteiger partial charge in [0.05, 0.1) is 10.9 Å². The molecule has 1 amide bonds. The highest BCUT2D eigenvalue weighted by Gasteiger charge is 2.27. The van der Waals surface area contributed by atoms with E-state index in [4.69, 9.17) is 0 Å². The van der Waals surface area contributed by atoms with E-state index in [2.05, 4.69) is 10.0 Å². The highest BCUT2D eigenvalue weighted by atomic mass is 32.2. The van der Waals surface area contributed by atoms with Crippen LogP contribution in [0.5, 0.6) is 0 Å². The van der Waals surface area contributed by atoms with E-state index in [9.17, 15) is 13.2 Å². The number of sulfonamides is 1. The maximum atomic E-state index is 12.7. The van der Waals surface area contributed by atoms with Crippen molar-refractivity contribution >= 4 is 15.9 Å². The Kier molecular flexibility index (Phi) is 5.20. The summed E-state index contributed by atoms with van der Waals surface area (Å²) < 4.78 is 28.1. The maximum absolute atomic E-state index is 12.7. The quantitative estimate of drug-likeness (QED) is 0.799. The minimum Gasteiger partial charge on any atom is -0.353 e. The summed E-state index contributed by atoms with van der Waals surface area (Å²) in [5, 5.41) is 2.91. The topological polar surface area (TPSA) is 75.3 Å². The fraction of sp³-hybridized carbons (Fsp3) is 0.316. The zero-order chi connectivity index (χ0) is 17.9. The Morgan fingerprint density at radius 3 is 2.32 bits per heavy atom. The van der Waals surface area contributed by atoms with Crippen molar-refractivity contribution in [3.63, 3.8) is 0 Å². The molecule has 2 aromatic rings. The monoisotopic (exact) mass is 358 g/mol. The summed E-state index contributed by atoms with van der Waals surface area (Å²) in [7, 11) is -3.71. The van der Waals surface area contributed by atoms with Crippen molar-refractivity contribution in [3.05, 3.63) is 65.7 Å². The highest BCUT2D eigenvalue weighted by molar-refractivity contribution is 7.89. The number of amides is 1. The van der Waals surface area contributed by atoms with Gasteiger partial charge in [0.25, 0.3) is 0 Å². The van der Waals surface area contributed by atoms with Crippen LogP contribution in [-0.2, 0) is 14.8 Å². The molecule has 0 aliphatic heterocycles. The van der Waals surface area contributed by atoms with Gasteiger partial charge in [-0.15, -0.1) is 0 Å². The van der Waals surface area contributed by atoms with E-state index in [1.54, 1.807) is 24.3 Å². The first-order chi connectivity index (χ1) is 11.9. The molecule has 1 aliphatic rings. The molecular weight excluding hydrogens is 336 g/mol. The van der Waals surface area contributed by atoms with Gasteiger partial charge < -0.3 is 5.32 Å². The number of benzene rings is 2. The average molecular weight is 358 g/mol. The average Bonchev–Trinajstić information content (AvgIpc) is 3.39. The van der Waals surface area contributed by atoms with Gasteiger partial charge >= 0.3 is 0 Å². The molecule has 6 heteroatoms. The number of aryl methyl sites for hydroxylation is 1. The molecule has 2 N–H and O–H groups in total. The Morgan fingerprint density at radius 2 is 1.72 bits per heavy atom. The van der Waals surface area contributed by atoms with Gasteiger partial charge in [-0.1, -0.05) is 48.0 Å². The lowest BCUT2D eigenvalue weighted by atomic mass is 10.0. The van der Waals surface area contributed by atoms with E-state index in [1.165, 1.54) is 0 Å². The molecule has 0 heterocycles. The molecule has 25 heavy (non-hydrogen) atoms. The number of rotatable bonds is 7. The van der Waals surface area contributed by atoms with Crippen LogP contribution >= 0.6 is 0 Å². The molecule has 0 bridgehead atoms. The van der Waals surface area contributed by atoms with Gasteiger partial charge in [0.2, 0.25) is 15.9 Å². The van der Waals surface area contributed by atoms with E-state index >= 15 is 0 Å². The zero-order valence-corrected chi connectivity index (χ0v) is 14.9. The van der Waals surface area contributed by atoms with E-state index in [-0.39, 0.29) is 23.3 Å². The van der Waals surface area contributed by atoms with Crippen LogP contribution in [0.1, 0.15) is 36.4 Å². The van der Waals surface area contributed by atoms with E-state index < -0.39 is 16.1 Å². The third kappa shape index (κ3) is 4.90. The largest absolute Gasteiger partial charge is 0.353 e. The molecule has 1 aliphatic carbocycles. The van der Waals surface area contributed by atoms with Gasteiger partial charge in [0.1, 0.15) is 0 Å². The second kappa shape index (κ2) is 7.37. The third-order valence-electron chi connectivity index (χ3n) is 4.16. The summed E-state index contributed by atoms with van der Waals surface area (Å²) in [6.45, 7) is 1.90. The summed E-state index contributed by atoms with van der Waals surface area (Å²) in [5.74, 6) is -0.136. The van der Waals surface area contributed by atoms with Crippen LogP contribution < -0.4 is 10.0 Å². The Labute approximate surface area is 148 Å². The molecule has 132 valence electrons. The van der Waals surface area contributed by atoms with Crippen LogP contribution in [0.4, 0.5) is 0 Å². The Balaban J connectivity index is 1.80. The third-order valence-corrected chi connectivity index (χ3v) is 5.65. The van der Waals surface area contributed by atoms with Crippen molar-refractivity contribution in [2.24, 2.45) is 0 Å². The molecule has 1 saturated carbocycles. The zero-order valence-electron chi connectivity index (χ0n) is 14.1. The van der Waals surface area contributed by atoms with Crippen LogP contribution in [0.15, 0.2) is 59.5 Å². The molecule has 2 aromatic carbocycles. The second-order valence-electron chi connectivity index (χ2n) is 6.44. The van der Waals surface area contributed by atoms with Crippen LogP contribution in [0.3, 0.4) is 0 Å². The summed E-state index contributed by atoms with van der Waals surface area (Å²) in [4.78, 5) is 12.4. The lowest BCUT2D eigenvalue weighted by Crippen LogP contribution is -2.34. The molecule has 1 fully saturated rings. The van der Waals surface area contributed by atoms with Crippen molar-refractivity contribution in [1.29, 1.82) is 0 Å². The van der Waals surface area contributed by atoms with Gasteiger partial charge in [-0.05, 0) is 37.5 Å². The fourth-order valence-corrected chi connectivity index (χ4v) is 3.81. The van der Waals surface area contributed by atoms with Crippen LogP contribution in [-0.4, -0.2) is 20.4 Å². The smallest absolute Gasteiger partial charge is 0.241 e. The lowest BCUT2D eigenvalue weighted by Gasteiger charge is -2.19. The maximum Gasteiger partial charge on any atom is 0.241 e. The molecule has 3 rings (SSSR count). The first-order valence-corrected chi connectivity index (χ1v) is 9.86. The Hall–Kier alpha value is -2.18. The van der Waals surface area contributed by atoms with Gasteiger partial charge in [0.15, 0.2) is 0 Å². The van der Waals surface area contributed by atoms with E-state index in [1.807, 2.05) is 37.3 Å². The predicted molar refractivity (Wildman–Crippen MR) is 96.5 cm³/mol. The summed E-state index contributed by atoms with van der Waals surface area (Å²) in [5.41, 5.74) is 1.76. The highest BCUT2D eigenvalue weighted by Crippen LogP contribution is 2.23. The number of hydrogen-bond donors (Lipinski definition) is 2. The van der Waals surface area contributed by atoms with E-state index in [0.717, 1.165) is 24.0 Å². The van der Waals surface area contributed by atoms with Gasteiger partial charge in [0, 0.05) is 12.5 Å². The minimum absolute atomic E-state index is 0.0750. The molecule has 0 unspecified atom stereocenters. The van der Waals surface area contributed by atoms with Gasteiger partial charge in [-0.3, -0.25) is 4.79 Å². The summed E-state index contributed by atoms with van der Waals surface area (Å²) in [6.07, 6.45) is 2.07. The number of nitrogens with one attached hydrogen (secondary N) is 2. The first kappa shape index (κ1) is 17.6. The second-order valence-corrected chi connectivity index (χ2v) is 8.16. The normalized spacial score (nSPS) is 15.6. The number of carbonyl (C=O) groups excluding carboxylic acids is 1. The summed E-state index contributed by atoms with van der Waals surface area (Å²) >= 11 is 0. The Morgan fingerprint density at radius 1 is 1.08 bits per heavy atom. The number of carbonyl (C=O) groups is 1. The molecular formula is C19H22N2O3S. The van der Waals surface area contributed by atoms with Gasteiger partial charge in [-0.25, -0.2) is 13.1 Å². The minimum atomic E-state index is -3.71. The summed E-state index contributed by atoms with van der Waals surface area (Å²) in [6, 6.07) is 15.5. The van der Waals surface area contributed by atoms with Crippen molar-refractivity contribution in [3.8, 4) is 0 Å². The van der Waals surface area contributed by atoms with Crippen molar-refractivity contribution in [2.75, 3.05) is 0 Å². The predicted octanol–water partition coefficient (Wildman–Crippen LogP) is 2.68. The lowest BCUT2D eigenvalue weighted by molar-refractivity contribution is -0.121. The molecule has 1 atom stereocenters. The van der Waals surface area contributed by atoms with Crippen LogP contribution in [0, 0.1) is 6.92 Å².